The Morgan fingerprint density at radius 3 is 2.33 bits per heavy atom. The second-order valence-corrected chi connectivity index (χ2v) is 9.98. The molecule has 0 saturated heterocycles. The highest BCUT2D eigenvalue weighted by molar-refractivity contribution is 8.01. The SMILES string of the molecule is Cc1nnc(SCC(=O)NC(=O)NC23CC4CC(CC(C4)C2)C3)s1. The summed E-state index contributed by atoms with van der Waals surface area (Å²) in [6.07, 6.45) is 7.25. The predicted molar refractivity (Wildman–Crippen MR) is 92.9 cm³/mol. The van der Waals surface area contributed by atoms with Crippen LogP contribution in [0.25, 0.3) is 0 Å². The maximum atomic E-state index is 12.3. The number of carbonyl (C=O) groups is 2. The number of carbonyl (C=O) groups excluding carboxylic acids is 2. The first-order valence-corrected chi connectivity index (χ1v) is 10.3. The van der Waals surface area contributed by atoms with Crippen molar-refractivity contribution in [3.8, 4) is 0 Å². The van der Waals surface area contributed by atoms with E-state index in [2.05, 4.69) is 20.8 Å². The van der Waals surface area contributed by atoms with Gasteiger partial charge in [0.1, 0.15) is 5.01 Å². The molecular weight excluding hydrogens is 344 g/mol. The summed E-state index contributed by atoms with van der Waals surface area (Å²) in [4.78, 5) is 24.3. The number of aromatic nitrogens is 2. The van der Waals surface area contributed by atoms with Gasteiger partial charge in [0.05, 0.1) is 5.75 Å². The number of aryl methyl sites for hydroxylation is 1. The molecule has 0 aromatic carbocycles. The Morgan fingerprint density at radius 2 is 1.79 bits per heavy atom. The highest BCUT2D eigenvalue weighted by Gasteiger charge is 2.51. The fourth-order valence-electron chi connectivity index (χ4n) is 5.16. The van der Waals surface area contributed by atoms with E-state index in [1.807, 2.05) is 6.92 Å². The molecule has 4 bridgehead atoms. The maximum Gasteiger partial charge on any atom is 0.321 e. The van der Waals surface area contributed by atoms with Crippen molar-refractivity contribution in [1.29, 1.82) is 0 Å². The van der Waals surface area contributed by atoms with E-state index < -0.39 is 0 Å². The van der Waals surface area contributed by atoms with E-state index in [-0.39, 0.29) is 23.2 Å². The standard InChI is InChI=1S/C16H22N4O2S2/c1-9-19-20-15(24-9)23-8-13(21)17-14(22)18-16-5-10-2-11(6-16)4-12(3-10)7-16/h10-12H,2-8H2,1H3,(H2,17,18,21,22). The zero-order valence-electron chi connectivity index (χ0n) is 13.7. The van der Waals surface area contributed by atoms with Gasteiger partial charge in [0.25, 0.3) is 0 Å². The molecule has 0 aliphatic heterocycles. The molecule has 0 atom stereocenters. The molecule has 8 heteroatoms. The number of rotatable bonds is 4. The van der Waals surface area contributed by atoms with Gasteiger partial charge >= 0.3 is 6.03 Å². The molecule has 0 radical (unpaired) electrons. The summed E-state index contributed by atoms with van der Waals surface area (Å²) < 4.78 is 0.754. The first kappa shape index (κ1) is 16.3. The van der Waals surface area contributed by atoms with Crippen LogP contribution in [0.1, 0.15) is 43.5 Å². The van der Waals surface area contributed by atoms with Crippen LogP contribution in [-0.2, 0) is 4.79 Å². The van der Waals surface area contributed by atoms with Crippen LogP contribution in [0.5, 0.6) is 0 Å². The minimum absolute atomic E-state index is 0.0669. The van der Waals surface area contributed by atoms with Crippen molar-refractivity contribution in [2.75, 3.05) is 5.75 Å². The third kappa shape index (κ3) is 3.44. The van der Waals surface area contributed by atoms with Gasteiger partial charge in [0.2, 0.25) is 5.91 Å². The van der Waals surface area contributed by atoms with Crippen molar-refractivity contribution in [3.05, 3.63) is 5.01 Å². The Morgan fingerprint density at radius 1 is 1.17 bits per heavy atom. The van der Waals surface area contributed by atoms with Crippen LogP contribution in [-0.4, -0.2) is 33.4 Å². The molecule has 1 heterocycles. The molecule has 5 rings (SSSR count). The lowest BCUT2D eigenvalue weighted by Gasteiger charge is -2.56. The monoisotopic (exact) mass is 366 g/mol. The second kappa shape index (κ2) is 6.29. The van der Waals surface area contributed by atoms with Gasteiger partial charge in [0, 0.05) is 5.54 Å². The summed E-state index contributed by atoms with van der Waals surface area (Å²) in [6.45, 7) is 1.88. The third-order valence-corrected chi connectivity index (χ3v) is 7.48. The Balaban J connectivity index is 1.28. The van der Waals surface area contributed by atoms with Gasteiger partial charge < -0.3 is 5.32 Å². The van der Waals surface area contributed by atoms with Crippen molar-refractivity contribution in [2.24, 2.45) is 17.8 Å². The van der Waals surface area contributed by atoms with E-state index >= 15 is 0 Å². The predicted octanol–water partition coefficient (Wildman–Crippen LogP) is 2.73. The van der Waals surface area contributed by atoms with Crippen molar-refractivity contribution in [3.63, 3.8) is 0 Å². The van der Waals surface area contributed by atoms with Gasteiger partial charge in [-0.1, -0.05) is 23.1 Å². The zero-order valence-corrected chi connectivity index (χ0v) is 15.3. The van der Waals surface area contributed by atoms with E-state index in [1.165, 1.54) is 42.4 Å². The molecule has 1 aromatic rings. The van der Waals surface area contributed by atoms with E-state index in [0.29, 0.717) is 0 Å². The number of hydrogen-bond acceptors (Lipinski definition) is 6. The Bertz CT molecular complexity index is 625. The van der Waals surface area contributed by atoms with Crippen molar-refractivity contribution >= 4 is 35.0 Å². The lowest BCUT2D eigenvalue weighted by molar-refractivity contribution is -0.117. The molecule has 1 aromatic heterocycles. The van der Waals surface area contributed by atoms with Gasteiger partial charge in [-0.15, -0.1) is 10.2 Å². The Kier molecular flexibility index (Phi) is 4.28. The number of nitrogens with one attached hydrogen (secondary N) is 2. The summed E-state index contributed by atoms with van der Waals surface area (Å²) in [5, 5.41) is 14.4. The highest BCUT2D eigenvalue weighted by Crippen LogP contribution is 2.55. The number of thioether (sulfide) groups is 1. The lowest BCUT2D eigenvalue weighted by Crippen LogP contribution is -2.61. The largest absolute Gasteiger partial charge is 0.332 e. The topological polar surface area (TPSA) is 84.0 Å². The van der Waals surface area contributed by atoms with Crippen molar-refractivity contribution in [2.45, 2.75) is 55.3 Å². The molecule has 24 heavy (non-hydrogen) atoms. The van der Waals surface area contributed by atoms with Gasteiger partial charge in [-0.05, 0) is 63.2 Å². The molecule has 4 saturated carbocycles. The summed E-state index contributed by atoms with van der Waals surface area (Å²) >= 11 is 2.77. The van der Waals surface area contributed by atoms with Crippen LogP contribution in [0.15, 0.2) is 4.34 Å². The van der Waals surface area contributed by atoms with Crippen LogP contribution in [0, 0.1) is 24.7 Å². The van der Waals surface area contributed by atoms with Gasteiger partial charge in [-0.3, -0.25) is 10.1 Å². The summed E-state index contributed by atoms with van der Waals surface area (Å²) in [5.74, 6) is 2.20. The quantitative estimate of drug-likeness (QED) is 0.801. The van der Waals surface area contributed by atoms with Crippen LogP contribution < -0.4 is 10.6 Å². The van der Waals surface area contributed by atoms with Gasteiger partial charge in [0.15, 0.2) is 4.34 Å². The third-order valence-electron chi connectivity index (χ3n) is 5.50. The first-order chi connectivity index (χ1) is 11.5. The summed E-state index contributed by atoms with van der Waals surface area (Å²) in [6, 6.07) is -0.337. The van der Waals surface area contributed by atoms with E-state index in [1.54, 1.807) is 0 Å². The van der Waals surface area contributed by atoms with Crippen LogP contribution in [0.2, 0.25) is 0 Å². The molecule has 6 nitrogen and oxygen atoms in total. The summed E-state index contributed by atoms with van der Waals surface area (Å²) in [7, 11) is 0. The van der Waals surface area contributed by atoms with Crippen molar-refractivity contribution < 1.29 is 9.59 Å². The Labute approximate surface area is 149 Å². The molecular formula is C16H22N4O2S2. The smallest absolute Gasteiger partial charge is 0.321 e. The number of nitrogens with zero attached hydrogens (tertiary/aromatic N) is 2. The van der Waals surface area contributed by atoms with Gasteiger partial charge in [-0.25, -0.2) is 4.79 Å². The zero-order chi connectivity index (χ0) is 16.7. The molecule has 0 spiro atoms. The number of urea groups is 1. The van der Waals surface area contributed by atoms with Crippen LogP contribution in [0.4, 0.5) is 4.79 Å². The second-order valence-electron chi connectivity index (χ2n) is 7.58. The van der Waals surface area contributed by atoms with Crippen LogP contribution >= 0.6 is 23.1 Å². The lowest BCUT2D eigenvalue weighted by atomic mass is 9.53. The Hall–Kier alpha value is -1.15. The minimum Gasteiger partial charge on any atom is -0.332 e. The fourth-order valence-corrected chi connectivity index (χ4v) is 6.78. The molecule has 0 unspecified atom stereocenters. The highest BCUT2D eigenvalue weighted by atomic mass is 32.2. The van der Waals surface area contributed by atoms with E-state index in [9.17, 15) is 9.59 Å². The number of imide groups is 1. The molecule has 2 N–H and O–H groups in total. The molecule has 4 fully saturated rings. The number of hydrogen-bond donors (Lipinski definition) is 2. The van der Waals surface area contributed by atoms with E-state index in [0.717, 1.165) is 46.4 Å². The molecule has 130 valence electrons. The number of amides is 3. The van der Waals surface area contributed by atoms with Crippen LogP contribution in [0.3, 0.4) is 0 Å². The molecule has 3 amide bonds. The first-order valence-electron chi connectivity index (χ1n) is 8.54. The normalized spacial score (nSPS) is 33.5. The van der Waals surface area contributed by atoms with E-state index in [4.69, 9.17) is 0 Å². The summed E-state index contributed by atoms with van der Waals surface area (Å²) in [5.41, 5.74) is -0.0669. The average Bonchev–Trinajstić information content (AvgIpc) is 2.88. The average molecular weight is 367 g/mol. The van der Waals surface area contributed by atoms with Gasteiger partial charge in [-0.2, -0.15) is 0 Å². The molecule has 4 aliphatic carbocycles. The van der Waals surface area contributed by atoms with Crippen molar-refractivity contribution in [1.82, 2.24) is 20.8 Å². The molecule has 4 aliphatic rings. The maximum absolute atomic E-state index is 12.3. The minimum atomic E-state index is -0.337. The fraction of sp³-hybridized carbons (Fsp3) is 0.750.